The van der Waals surface area contributed by atoms with Crippen LogP contribution < -0.4 is 9.44 Å². The van der Waals surface area contributed by atoms with Crippen molar-refractivity contribution in [2.75, 3.05) is 10.8 Å². The Labute approximate surface area is 113 Å². The van der Waals surface area contributed by atoms with Gasteiger partial charge in [0.2, 0.25) is 10.0 Å². The van der Waals surface area contributed by atoms with Gasteiger partial charge in [0.25, 0.3) is 10.0 Å². The maximum atomic E-state index is 12.1. The number of sulfonamides is 2. The van der Waals surface area contributed by atoms with Crippen LogP contribution >= 0.6 is 0 Å². The standard InChI is InChI=1S/C10H17N3O4S2/c1-4-13(19(16,17)8(2)3)9-6-5-7-10(12-9)18(11,14)15/h5-8H,4H2,1-3H3,(H2,11,14,15). The average molecular weight is 307 g/mol. The summed E-state index contributed by atoms with van der Waals surface area (Å²) in [7, 11) is -7.53. The zero-order valence-electron chi connectivity index (χ0n) is 10.9. The lowest BCUT2D eigenvalue weighted by Gasteiger charge is -2.24. The van der Waals surface area contributed by atoms with Crippen molar-refractivity contribution in [3.05, 3.63) is 18.2 Å². The fourth-order valence-corrected chi connectivity index (χ4v) is 3.15. The van der Waals surface area contributed by atoms with Gasteiger partial charge in [0.15, 0.2) is 5.03 Å². The SMILES string of the molecule is CCN(c1cccc(S(N)(=O)=O)n1)S(=O)(=O)C(C)C. The Morgan fingerprint density at radius 1 is 1.26 bits per heavy atom. The van der Waals surface area contributed by atoms with E-state index < -0.39 is 25.3 Å². The zero-order valence-corrected chi connectivity index (χ0v) is 12.6. The predicted molar refractivity (Wildman–Crippen MR) is 72.7 cm³/mol. The quantitative estimate of drug-likeness (QED) is 0.840. The molecule has 0 aromatic carbocycles. The van der Waals surface area contributed by atoms with Crippen LogP contribution in [0, 0.1) is 0 Å². The van der Waals surface area contributed by atoms with E-state index in [0.29, 0.717) is 0 Å². The van der Waals surface area contributed by atoms with Gasteiger partial charge in [0.05, 0.1) is 5.25 Å². The minimum Gasteiger partial charge on any atom is -0.254 e. The molecule has 0 radical (unpaired) electrons. The molecule has 19 heavy (non-hydrogen) atoms. The Hall–Kier alpha value is -1.19. The van der Waals surface area contributed by atoms with Gasteiger partial charge in [-0.1, -0.05) is 6.07 Å². The normalized spacial score (nSPS) is 12.7. The fraction of sp³-hybridized carbons (Fsp3) is 0.500. The topological polar surface area (TPSA) is 110 Å². The molecule has 0 atom stereocenters. The number of anilines is 1. The zero-order chi connectivity index (χ0) is 14.8. The van der Waals surface area contributed by atoms with E-state index in [4.69, 9.17) is 5.14 Å². The molecule has 1 rings (SSSR count). The van der Waals surface area contributed by atoms with Crippen LogP contribution in [0.4, 0.5) is 5.82 Å². The highest BCUT2D eigenvalue weighted by molar-refractivity contribution is 7.93. The molecule has 0 aliphatic carbocycles. The summed E-state index contributed by atoms with van der Waals surface area (Å²) in [4.78, 5) is 3.80. The third-order valence-corrected chi connectivity index (χ3v) is 5.51. The Kier molecular flexibility index (Phi) is 4.54. The molecule has 0 amide bonds. The Morgan fingerprint density at radius 2 is 1.84 bits per heavy atom. The number of pyridine rings is 1. The lowest BCUT2D eigenvalue weighted by molar-refractivity contribution is 0.580. The van der Waals surface area contributed by atoms with Crippen molar-refractivity contribution < 1.29 is 16.8 Å². The van der Waals surface area contributed by atoms with E-state index in [0.717, 1.165) is 4.31 Å². The van der Waals surface area contributed by atoms with Gasteiger partial charge in [-0.15, -0.1) is 0 Å². The first-order valence-corrected chi connectivity index (χ1v) is 8.67. The van der Waals surface area contributed by atoms with Gasteiger partial charge >= 0.3 is 0 Å². The third-order valence-electron chi connectivity index (χ3n) is 2.45. The molecule has 0 saturated heterocycles. The van der Waals surface area contributed by atoms with Crippen LogP contribution in [-0.4, -0.2) is 33.6 Å². The van der Waals surface area contributed by atoms with E-state index in [1.165, 1.54) is 18.2 Å². The van der Waals surface area contributed by atoms with E-state index in [-0.39, 0.29) is 17.4 Å². The van der Waals surface area contributed by atoms with Crippen LogP contribution in [-0.2, 0) is 20.0 Å². The first-order chi connectivity index (χ1) is 8.60. The summed E-state index contributed by atoms with van der Waals surface area (Å²) in [6, 6.07) is 4.05. The molecular weight excluding hydrogens is 290 g/mol. The first-order valence-electron chi connectivity index (χ1n) is 5.62. The van der Waals surface area contributed by atoms with E-state index >= 15 is 0 Å². The van der Waals surface area contributed by atoms with Crippen LogP contribution in [0.2, 0.25) is 0 Å². The van der Waals surface area contributed by atoms with Crippen LogP contribution in [0.5, 0.6) is 0 Å². The predicted octanol–water partition coefficient (Wildman–Crippen LogP) is 0.294. The lowest BCUT2D eigenvalue weighted by Crippen LogP contribution is -2.37. The van der Waals surface area contributed by atoms with Gasteiger partial charge in [-0.3, -0.25) is 4.31 Å². The second-order valence-corrected chi connectivity index (χ2v) is 8.06. The molecule has 0 fully saturated rings. The van der Waals surface area contributed by atoms with Crippen LogP contribution in [0.15, 0.2) is 23.2 Å². The number of hydrogen-bond acceptors (Lipinski definition) is 5. The molecule has 0 bridgehead atoms. The first kappa shape index (κ1) is 15.9. The van der Waals surface area contributed by atoms with Crippen molar-refractivity contribution in [3.8, 4) is 0 Å². The number of rotatable bonds is 5. The van der Waals surface area contributed by atoms with E-state index in [9.17, 15) is 16.8 Å². The van der Waals surface area contributed by atoms with Gasteiger partial charge in [-0.2, -0.15) is 0 Å². The third kappa shape index (κ3) is 3.43. The van der Waals surface area contributed by atoms with Crippen molar-refractivity contribution in [1.82, 2.24) is 4.98 Å². The van der Waals surface area contributed by atoms with Crippen LogP contribution in [0.3, 0.4) is 0 Å². The summed E-state index contributed by atoms with van der Waals surface area (Å²) in [6.45, 7) is 4.88. The smallest absolute Gasteiger partial charge is 0.254 e. The number of nitrogens with two attached hydrogens (primary N) is 1. The molecule has 0 spiro atoms. The molecule has 1 aromatic heterocycles. The largest absolute Gasteiger partial charge is 0.255 e. The molecule has 2 N–H and O–H groups in total. The summed E-state index contributed by atoms with van der Waals surface area (Å²) >= 11 is 0. The Balaban J connectivity index is 3.37. The van der Waals surface area contributed by atoms with Crippen LogP contribution in [0.1, 0.15) is 20.8 Å². The highest BCUT2D eigenvalue weighted by Gasteiger charge is 2.26. The van der Waals surface area contributed by atoms with Gasteiger partial charge in [0.1, 0.15) is 5.82 Å². The highest BCUT2D eigenvalue weighted by atomic mass is 32.2. The Bertz CT molecular complexity index is 653. The minimum atomic E-state index is -3.97. The summed E-state index contributed by atoms with van der Waals surface area (Å²) in [5.41, 5.74) is 0. The molecule has 108 valence electrons. The summed E-state index contributed by atoms with van der Waals surface area (Å²) < 4.78 is 47.8. The monoisotopic (exact) mass is 307 g/mol. The molecule has 7 nitrogen and oxygen atoms in total. The lowest BCUT2D eigenvalue weighted by atomic mass is 10.4. The van der Waals surface area contributed by atoms with Crippen molar-refractivity contribution in [1.29, 1.82) is 0 Å². The molecule has 0 aliphatic heterocycles. The highest BCUT2D eigenvalue weighted by Crippen LogP contribution is 2.19. The number of primary sulfonamides is 1. The molecule has 9 heteroatoms. The van der Waals surface area contributed by atoms with Crippen LogP contribution in [0.25, 0.3) is 0 Å². The molecule has 0 saturated carbocycles. The molecule has 0 unspecified atom stereocenters. The number of aromatic nitrogens is 1. The molecule has 0 aliphatic rings. The molecule has 1 heterocycles. The van der Waals surface area contributed by atoms with Crippen molar-refractivity contribution in [3.63, 3.8) is 0 Å². The van der Waals surface area contributed by atoms with E-state index in [1.807, 2.05) is 0 Å². The molecule has 1 aromatic rings. The summed E-state index contributed by atoms with van der Waals surface area (Å²) in [6.07, 6.45) is 0. The number of hydrogen-bond donors (Lipinski definition) is 1. The average Bonchev–Trinajstić information content (AvgIpc) is 2.28. The van der Waals surface area contributed by atoms with E-state index in [1.54, 1.807) is 20.8 Å². The second-order valence-electron chi connectivity index (χ2n) is 4.14. The summed E-state index contributed by atoms with van der Waals surface area (Å²) in [5, 5.41) is 3.99. The maximum absolute atomic E-state index is 12.1. The minimum absolute atomic E-state index is 0.0442. The second kappa shape index (κ2) is 5.43. The van der Waals surface area contributed by atoms with Crippen molar-refractivity contribution in [2.24, 2.45) is 5.14 Å². The Morgan fingerprint density at radius 3 is 2.26 bits per heavy atom. The van der Waals surface area contributed by atoms with E-state index in [2.05, 4.69) is 4.98 Å². The maximum Gasteiger partial charge on any atom is 0.255 e. The van der Waals surface area contributed by atoms with Gasteiger partial charge in [-0.05, 0) is 32.9 Å². The van der Waals surface area contributed by atoms with Crippen molar-refractivity contribution >= 4 is 25.9 Å². The fourth-order valence-electron chi connectivity index (χ4n) is 1.43. The van der Waals surface area contributed by atoms with Crippen molar-refractivity contribution in [2.45, 2.75) is 31.0 Å². The molecular formula is C10H17N3O4S2. The van der Waals surface area contributed by atoms with Gasteiger partial charge in [-0.25, -0.2) is 27.0 Å². The van der Waals surface area contributed by atoms with Gasteiger partial charge < -0.3 is 0 Å². The summed E-state index contributed by atoms with van der Waals surface area (Å²) in [5.74, 6) is 0.0442. The van der Waals surface area contributed by atoms with Gasteiger partial charge in [0, 0.05) is 6.54 Å². The number of nitrogens with zero attached hydrogens (tertiary/aromatic N) is 2.